The maximum Gasteiger partial charge on any atom is 0.295 e. The Balaban J connectivity index is 1.92. The van der Waals surface area contributed by atoms with Crippen LogP contribution < -0.4 is 4.74 Å². The van der Waals surface area contributed by atoms with E-state index < -0.39 is 29.3 Å². The Hall–Kier alpha value is -3.35. The number of Topliss-reactive ketones (excluding diaryl/α,β-unsaturated/α-hetero) is 1. The number of aliphatic hydroxyl groups is 1. The summed E-state index contributed by atoms with van der Waals surface area (Å²) in [6, 6.07) is 15.2. The maximum absolute atomic E-state index is 13.5. The van der Waals surface area contributed by atoms with Gasteiger partial charge < -0.3 is 14.7 Å². The van der Waals surface area contributed by atoms with Gasteiger partial charge in [0.2, 0.25) is 0 Å². The van der Waals surface area contributed by atoms with Gasteiger partial charge in [0.05, 0.1) is 29.3 Å². The van der Waals surface area contributed by atoms with Crippen LogP contribution in [-0.2, 0) is 21.5 Å². The molecule has 37 heavy (non-hydrogen) atoms. The second-order valence-electron chi connectivity index (χ2n) is 9.89. The van der Waals surface area contributed by atoms with Crippen molar-refractivity contribution >= 4 is 40.7 Å². The molecule has 1 heterocycles. The minimum atomic E-state index is -0.915. The van der Waals surface area contributed by atoms with Gasteiger partial charge in [-0.15, -0.1) is 0 Å². The summed E-state index contributed by atoms with van der Waals surface area (Å²) < 4.78 is 18.9. The average molecular weight is 542 g/mol. The van der Waals surface area contributed by atoms with Crippen LogP contribution in [0.3, 0.4) is 0 Å². The molecule has 1 aliphatic rings. The molecule has 0 bridgehead atoms. The molecule has 0 aromatic heterocycles. The fourth-order valence-corrected chi connectivity index (χ4v) is 5.00. The third-order valence-electron chi connectivity index (χ3n) is 6.37. The molecule has 1 unspecified atom stereocenters. The van der Waals surface area contributed by atoms with Crippen LogP contribution in [0.1, 0.15) is 49.1 Å². The molecule has 1 N–H and O–H groups in total. The van der Waals surface area contributed by atoms with Gasteiger partial charge in [-0.25, -0.2) is 4.39 Å². The van der Waals surface area contributed by atoms with E-state index in [0.29, 0.717) is 11.1 Å². The first-order chi connectivity index (χ1) is 17.4. The van der Waals surface area contributed by atoms with Gasteiger partial charge in [-0.1, -0.05) is 80.4 Å². The summed E-state index contributed by atoms with van der Waals surface area (Å²) in [5.74, 6) is -2.39. The van der Waals surface area contributed by atoms with Gasteiger partial charge in [0.25, 0.3) is 11.7 Å². The van der Waals surface area contributed by atoms with Crippen molar-refractivity contribution in [3.8, 4) is 5.75 Å². The number of hydrogen-bond donors (Lipinski definition) is 1. The first-order valence-corrected chi connectivity index (χ1v) is 12.3. The molecule has 1 atom stereocenters. The first kappa shape index (κ1) is 26.7. The number of benzene rings is 3. The number of hydrogen-bond acceptors (Lipinski definition) is 4. The summed E-state index contributed by atoms with van der Waals surface area (Å²) in [4.78, 5) is 28.0. The molecule has 192 valence electrons. The molecule has 3 aromatic carbocycles. The predicted octanol–water partition coefficient (Wildman–Crippen LogP) is 7.06. The zero-order valence-electron chi connectivity index (χ0n) is 20.8. The van der Waals surface area contributed by atoms with Gasteiger partial charge in [0.1, 0.15) is 17.3 Å². The van der Waals surface area contributed by atoms with Crippen molar-refractivity contribution in [3.05, 3.63) is 104 Å². The Morgan fingerprint density at radius 1 is 1.03 bits per heavy atom. The topological polar surface area (TPSA) is 66.8 Å². The predicted molar refractivity (Wildman–Crippen MR) is 142 cm³/mol. The number of ether oxygens (including phenoxy) is 1. The molecule has 1 aliphatic heterocycles. The average Bonchev–Trinajstić information content (AvgIpc) is 3.09. The lowest BCUT2D eigenvalue weighted by Crippen LogP contribution is -2.29. The van der Waals surface area contributed by atoms with Crippen LogP contribution in [0.15, 0.2) is 66.2 Å². The maximum atomic E-state index is 13.5. The second kappa shape index (κ2) is 10.2. The van der Waals surface area contributed by atoms with E-state index >= 15 is 0 Å². The van der Waals surface area contributed by atoms with Crippen molar-refractivity contribution in [2.45, 2.75) is 38.8 Å². The summed E-state index contributed by atoms with van der Waals surface area (Å²) in [6.07, 6.45) is 0. The first-order valence-electron chi connectivity index (χ1n) is 11.6. The number of aliphatic hydroxyl groups excluding tert-OH is 1. The second-order valence-corrected chi connectivity index (χ2v) is 10.7. The van der Waals surface area contributed by atoms with Crippen molar-refractivity contribution in [1.82, 2.24) is 4.90 Å². The van der Waals surface area contributed by atoms with Gasteiger partial charge >= 0.3 is 0 Å². The highest BCUT2D eigenvalue weighted by Gasteiger charge is 2.46. The van der Waals surface area contributed by atoms with Crippen molar-refractivity contribution in [3.63, 3.8) is 0 Å². The Kier molecular flexibility index (Phi) is 7.36. The molecule has 8 heteroatoms. The lowest BCUT2D eigenvalue weighted by Gasteiger charge is -2.27. The third kappa shape index (κ3) is 5.22. The quantitative estimate of drug-likeness (QED) is 0.213. The Bertz CT molecular complexity index is 1390. The number of methoxy groups -OCH3 is 1. The number of rotatable bonds is 5. The van der Waals surface area contributed by atoms with Crippen molar-refractivity contribution < 1.29 is 23.8 Å². The van der Waals surface area contributed by atoms with E-state index in [1.165, 1.54) is 36.3 Å². The summed E-state index contributed by atoms with van der Waals surface area (Å²) in [5.41, 5.74) is 2.18. The van der Waals surface area contributed by atoms with Gasteiger partial charge in [0, 0.05) is 11.6 Å². The molecular weight excluding hydrogens is 516 g/mol. The highest BCUT2D eigenvalue weighted by molar-refractivity contribution is 6.46. The number of halogens is 3. The molecule has 5 nitrogen and oxygen atoms in total. The molecule has 0 saturated carbocycles. The van der Waals surface area contributed by atoms with Crippen LogP contribution in [0.2, 0.25) is 10.0 Å². The minimum absolute atomic E-state index is 0.0285. The molecule has 3 aromatic rings. The molecule has 0 aliphatic carbocycles. The van der Waals surface area contributed by atoms with E-state index in [1.54, 1.807) is 12.1 Å². The van der Waals surface area contributed by atoms with Crippen LogP contribution in [0.25, 0.3) is 5.76 Å². The molecule has 1 saturated heterocycles. The lowest BCUT2D eigenvalue weighted by molar-refractivity contribution is -0.140. The summed E-state index contributed by atoms with van der Waals surface area (Å²) in [7, 11) is 1.38. The van der Waals surface area contributed by atoms with Crippen LogP contribution >= 0.6 is 23.2 Å². The smallest absolute Gasteiger partial charge is 0.295 e. The fourth-order valence-electron chi connectivity index (χ4n) is 4.43. The summed E-state index contributed by atoms with van der Waals surface area (Å²) in [6.45, 7) is 6.27. The van der Waals surface area contributed by atoms with E-state index in [2.05, 4.69) is 20.8 Å². The molecule has 1 fully saturated rings. The summed E-state index contributed by atoms with van der Waals surface area (Å²) >= 11 is 12.5. The van der Waals surface area contributed by atoms with Crippen LogP contribution in [0, 0.1) is 5.82 Å². The lowest BCUT2D eigenvalue weighted by atomic mass is 9.85. The Morgan fingerprint density at radius 3 is 2.22 bits per heavy atom. The molecule has 4 rings (SSSR count). The monoisotopic (exact) mass is 541 g/mol. The fraction of sp³-hybridized carbons (Fsp3) is 0.241. The zero-order chi connectivity index (χ0) is 27.1. The number of carbonyl (C=O) groups is 2. The highest BCUT2D eigenvalue weighted by atomic mass is 35.5. The van der Waals surface area contributed by atoms with E-state index in [-0.39, 0.29) is 38.9 Å². The normalized spacial score (nSPS) is 17.4. The molecule has 0 radical (unpaired) electrons. The SMILES string of the molecule is COc1c(Cl)cc(Cl)cc1/C(O)=C1\C(=O)C(=O)N(Cc2ccc(F)cc2)C1c1ccc(C(C)(C)C)cc1. The largest absolute Gasteiger partial charge is 0.507 e. The molecule has 0 spiro atoms. The van der Waals surface area contributed by atoms with Gasteiger partial charge in [0.15, 0.2) is 0 Å². The number of ketones is 1. The van der Waals surface area contributed by atoms with Crippen molar-refractivity contribution in [2.75, 3.05) is 7.11 Å². The van der Waals surface area contributed by atoms with Crippen LogP contribution in [0.4, 0.5) is 4.39 Å². The number of amides is 1. The van der Waals surface area contributed by atoms with E-state index in [1.807, 2.05) is 24.3 Å². The highest BCUT2D eigenvalue weighted by Crippen LogP contribution is 2.44. The van der Waals surface area contributed by atoms with E-state index in [4.69, 9.17) is 27.9 Å². The molecular formula is C29H26Cl2FNO4. The number of nitrogens with zero attached hydrogens (tertiary/aromatic N) is 1. The Labute approximate surface area is 225 Å². The van der Waals surface area contributed by atoms with Crippen molar-refractivity contribution in [1.29, 1.82) is 0 Å². The molecule has 1 amide bonds. The Morgan fingerprint density at radius 2 is 1.65 bits per heavy atom. The van der Waals surface area contributed by atoms with Gasteiger partial charge in [-0.2, -0.15) is 0 Å². The van der Waals surface area contributed by atoms with Gasteiger partial charge in [-0.05, 0) is 46.4 Å². The van der Waals surface area contributed by atoms with Crippen LogP contribution in [-0.4, -0.2) is 28.8 Å². The van der Waals surface area contributed by atoms with E-state index in [9.17, 15) is 19.1 Å². The zero-order valence-corrected chi connectivity index (χ0v) is 22.3. The number of likely N-dealkylation sites (tertiary alicyclic amines) is 1. The minimum Gasteiger partial charge on any atom is -0.507 e. The third-order valence-corrected chi connectivity index (χ3v) is 6.87. The van der Waals surface area contributed by atoms with Gasteiger partial charge in [-0.3, -0.25) is 9.59 Å². The van der Waals surface area contributed by atoms with Crippen molar-refractivity contribution in [2.24, 2.45) is 0 Å². The summed E-state index contributed by atoms with van der Waals surface area (Å²) in [5, 5.41) is 11.8. The standard InChI is InChI=1S/C29H26Cl2FNO4/c1-29(2,3)18-9-7-17(8-10-18)24-23(25(34)21-13-19(30)14-22(31)27(21)37-4)26(35)28(36)33(24)15-16-5-11-20(32)12-6-16/h5-14,24,34H,15H2,1-4H3/b25-23+. The van der Waals surface area contributed by atoms with Crippen LogP contribution in [0.5, 0.6) is 5.75 Å². The van der Waals surface area contributed by atoms with E-state index in [0.717, 1.165) is 5.56 Å². The number of carbonyl (C=O) groups excluding carboxylic acids is 2.